The summed E-state index contributed by atoms with van der Waals surface area (Å²) in [6.07, 6.45) is 5.53. The second-order valence-electron chi connectivity index (χ2n) is 16.1. The van der Waals surface area contributed by atoms with Gasteiger partial charge in [0.2, 0.25) is 0 Å². The number of fused-ring (bicyclic) bond motifs is 2. The van der Waals surface area contributed by atoms with E-state index >= 15 is 0 Å². The maximum atomic E-state index is 2.46. The van der Waals surface area contributed by atoms with E-state index in [0.717, 1.165) is 5.92 Å². The van der Waals surface area contributed by atoms with E-state index in [1.165, 1.54) is 85.8 Å². The van der Waals surface area contributed by atoms with Crippen LogP contribution in [0.2, 0.25) is 32.7 Å². The maximum absolute atomic E-state index is 2.46. The van der Waals surface area contributed by atoms with Crippen LogP contribution in [-0.4, -0.2) is 13.5 Å². The van der Waals surface area contributed by atoms with E-state index < -0.39 is 8.07 Å². The fourth-order valence-electron chi connectivity index (χ4n) is 6.94. The van der Waals surface area contributed by atoms with Crippen LogP contribution in [0.25, 0.3) is 43.8 Å². The standard InChI is InChI=1S/C24H27.C19H21Si.C2H6Si.2ClH.Zr/c1-24(2,3)21-13-11-18(12-14-21)22-10-6-9-19-15-20(16-23(19)22)17-7-4-5-8-17;1-14-12-16-6-5-7-18(19(16)13-14)15-8-10-17(11-9-15)20(2,3)4;1-3-2;;;/h6,9-17H,4-5,7-8H2,1-3H3;5-13H,1-4H3;1-2H3;2*1H;/q2*-1;;;;+2/p-2. The minimum atomic E-state index is -1.21. The van der Waals surface area contributed by atoms with Crippen LogP contribution in [-0.2, 0) is 28.8 Å². The first kappa shape index (κ1) is 42.4. The molecule has 0 aromatic heterocycles. The van der Waals surface area contributed by atoms with Crippen molar-refractivity contribution in [1.82, 2.24) is 0 Å². The average molecular weight is 813 g/mol. The minimum absolute atomic E-state index is 0. The second-order valence-corrected chi connectivity index (χ2v) is 30.5. The van der Waals surface area contributed by atoms with Crippen molar-refractivity contribution in [2.24, 2.45) is 0 Å². The van der Waals surface area contributed by atoms with Crippen LogP contribution in [0.15, 0.2) is 109 Å². The molecule has 6 aromatic rings. The first-order chi connectivity index (χ1) is 22.7. The maximum Gasteiger partial charge on any atom is 0.0775 e. The Balaban J connectivity index is 0.000000239. The van der Waals surface area contributed by atoms with Crippen LogP contribution in [0.5, 0.6) is 0 Å². The smallest absolute Gasteiger partial charge is 0.0775 e. The molecule has 7 rings (SSSR count). The van der Waals surface area contributed by atoms with Crippen LogP contribution in [0, 0.1) is 6.92 Å². The van der Waals surface area contributed by atoms with Crippen molar-refractivity contribution in [3.63, 3.8) is 0 Å². The molecule has 1 aliphatic rings. The van der Waals surface area contributed by atoms with Crippen LogP contribution < -0.4 is 30.0 Å². The van der Waals surface area contributed by atoms with E-state index in [2.05, 4.69) is 170 Å². The van der Waals surface area contributed by atoms with Crippen LogP contribution in [0.4, 0.5) is 0 Å². The largest absolute Gasteiger partial charge is 1.00 e. The number of hydrogen-bond acceptors (Lipinski definition) is 0. The van der Waals surface area contributed by atoms with Crippen molar-refractivity contribution >= 4 is 40.2 Å². The fraction of sp³-hybridized carbons (Fsp3) is 0.333. The molecule has 0 aliphatic heterocycles. The summed E-state index contributed by atoms with van der Waals surface area (Å²) in [5.41, 5.74) is 10.1. The molecule has 5 heteroatoms. The molecule has 0 heterocycles. The summed E-state index contributed by atoms with van der Waals surface area (Å²) in [5.74, 6) is 0.786. The van der Waals surface area contributed by atoms with Gasteiger partial charge < -0.3 is 24.8 Å². The molecule has 262 valence electrons. The van der Waals surface area contributed by atoms with Gasteiger partial charge in [0.1, 0.15) is 0 Å². The fourth-order valence-corrected chi connectivity index (χ4v) is 8.11. The van der Waals surface area contributed by atoms with Crippen molar-refractivity contribution < 1.29 is 48.1 Å². The van der Waals surface area contributed by atoms with Gasteiger partial charge in [-0.3, -0.25) is 0 Å². The molecule has 0 saturated heterocycles. The van der Waals surface area contributed by atoms with Crippen LogP contribution in [0.1, 0.15) is 69.1 Å². The summed E-state index contributed by atoms with van der Waals surface area (Å²) in [7, 11) is -1.21. The molecule has 1 aliphatic carbocycles. The zero-order valence-corrected chi connectivity index (χ0v) is 37.5. The zero-order chi connectivity index (χ0) is 34.6. The molecule has 0 atom stereocenters. The molecule has 1 saturated carbocycles. The van der Waals surface area contributed by atoms with E-state index in [4.69, 9.17) is 0 Å². The van der Waals surface area contributed by atoms with Gasteiger partial charge in [0, 0.05) is 0 Å². The van der Waals surface area contributed by atoms with Crippen molar-refractivity contribution in [3.05, 3.63) is 126 Å². The Kier molecular flexibility index (Phi) is 15.4. The molecule has 0 bridgehead atoms. The first-order valence-electron chi connectivity index (χ1n) is 17.8. The summed E-state index contributed by atoms with van der Waals surface area (Å²) >= 11 is 1.74. The predicted molar refractivity (Wildman–Crippen MR) is 215 cm³/mol. The Hall–Kier alpha value is -2.00. The van der Waals surface area contributed by atoms with E-state index in [9.17, 15) is 0 Å². The monoisotopic (exact) mass is 810 g/mol. The van der Waals surface area contributed by atoms with Gasteiger partial charge in [0.15, 0.2) is 0 Å². The van der Waals surface area contributed by atoms with Gasteiger partial charge in [0.25, 0.3) is 0 Å². The molecule has 1 fully saturated rings. The van der Waals surface area contributed by atoms with Gasteiger partial charge in [-0.15, -0.1) is 69.1 Å². The Morgan fingerprint density at radius 2 is 1.14 bits per heavy atom. The van der Waals surface area contributed by atoms with E-state index in [1.807, 2.05) is 0 Å². The molecule has 0 unspecified atom stereocenters. The number of halogens is 2. The summed E-state index contributed by atoms with van der Waals surface area (Å²) in [6, 6.07) is 41.1. The number of aryl methyl sites for hydroxylation is 1. The minimum Gasteiger partial charge on any atom is -1.00 e. The third-order valence-corrected chi connectivity index (χ3v) is 11.7. The normalized spacial score (nSPS) is 13.1. The van der Waals surface area contributed by atoms with Gasteiger partial charge >= 0.3 is 41.9 Å². The van der Waals surface area contributed by atoms with E-state index in [1.54, 1.807) is 28.9 Å². The predicted octanol–water partition coefficient (Wildman–Crippen LogP) is 7.05. The van der Waals surface area contributed by atoms with Gasteiger partial charge in [-0.1, -0.05) is 137 Å². The van der Waals surface area contributed by atoms with Crippen molar-refractivity contribution in [2.75, 3.05) is 0 Å². The van der Waals surface area contributed by atoms with Crippen molar-refractivity contribution in [3.8, 4) is 22.3 Å². The van der Waals surface area contributed by atoms with E-state index in [0.29, 0.717) is 0 Å². The average Bonchev–Trinajstić information content (AvgIpc) is 3.79. The zero-order valence-electron chi connectivity index (χ0n) is 31.6. The third-order valence-electron chi connectivity index (χ3n) is 9.62. The summed E-state index contributed by atoms with van der Waals surface area (Å²) in [4.78, 5) is 0. The first-order valence-corrected chi connectivity index (χ1v) is 27.5. The van der Waals surface area contributed by atoms with Crippen molar-refractivity contribution in [2.45, 2.75) is 97.4 Å². The Morgan fingerprint density at radius 3 is 1.62 bits per heavy atom. The van der Waals surface area contributed by atoms with Gasteiger partial charge in [-0.2, -0.15) is 12.1 Å². The number of benzene rings is 4. The SMILES string of the molecule is CC(C)(C)c1ccc(-c2cccc3[cH-]c(C4CCCC4)cc23)cc1.C[Si](C)=[Zr+2].Cc1cc2c(-c3ccc([Si](C)(C)C)cc3)cccc2[cH-]1.[Cl-].[Cl-]. The van der Waals surface area contributed by atoms with Crippen LogP contribution >= 0.6 is 0 Å². The van der Waals surface area contributed by atoms with Crippen LogP contribution in [0.3, 0.4) is 0 Å². The molecular formula is C45H54Cl2Si2Zr-2. The molecule has 0 N–H and O–H groups in total. The molecular weight excluding hydrogens is 759 g/mol. The molecule has 0 radical (unpaired) electrons. The topological polar surface area (TPSA) is 0 Å². The van der Waals surface area contributed by atoms with Gasteiger partial charge in [0.05, 0.1) is 8.07 Å². The number of hydrogen-bond donors (Lipinski definition) is 0. The van der Waals surface area contributed by atoms with E-state index in [-0.39, 0.29) is 35.7 Å². The molecule has 0 amide bonds. The Morgan fingerprint density at radius 1 is 0.680 bits per heavy atom. The molecule has 50 heavy (non-hydrogen) atoms. The summed E-state index contributed by atoms with van der Waals surface area (Å²) in [6.45, 7) is 20.8. The third kappa shape index (κ3) is 10.8. The molecule has 0 nitrogen and oxygen atoms in total. The summed E-state index contributed by atoms with van der Waals surface area (Å²) in [5, 5.41) is 7.05. The Bertz CT molecular complexity index is 1970. The number of rotatable bonds is 4. The molecule has 0 spiro atoms. The Labute approximate surface area is 331 Å². The quantitative estimate of drug-likeness (QED) is 0.132. The van der Waals surface area contributed by atoms with Gasteiger partial charge in [-0.05, 0) is 40.9 Å². The molecule has 6 aromatic carbocycles. The second kappa shape index (κ2) is 18.2. The summed E-state index contributed by atoms with van der Waals surface area (Å²) < 4.78 is 0. The van der Waals surface area contributed by atoms with Crippen molar-refractivity contribution in [1.29, 1.82) is 0 Å². The van der Waals surface area contributed by atoms with Gasteiger partial charge in [-0.25, -0.2) is 0 Å².